The average molecular weight is 357 g/mol. The van der Waals surface area contributed by atoms with Gasteiger partial charge in [-0.1, -0.05) is 15.9 Å². The van der Waals surface area contributed by atoms with E-state index < -0.39 is 11.6 Å². The van der Waals surface area contributed by atoms with Crippen molar-refractivity contribution in [1.82, 2.24) is 5.32 Å². The van der Waals surface area contributed by atoms with Crippen LogP contribution in [-0.4, -0.2) is 11.9 Å². The van der Waals surface area contributed by atoms with E-state index in [0.717, 1.165) is 24.7 Å². The zero-order valence-electron chi connectivity index (χ0n) is 8.70. The Bertz CT molecular complexity index is 345. The van der Waals surface area contributed by atoms with Gasteiger partial charge in [0.1, 0.15) is 11.6 Å². The SMILES string of the molecule is Fc1ccc(Br)c(F)c1CNCCCCBr. The van der Waals surface area contributed by atoms with Gasteiger partial charge in [0.05, 0.1) is 4.47 Å². The van der Waals surface area contributed by atoms with E-state index in [2.05, 4.69) is 37.2 Å². The van der Waals surface area contributed by atoms with Crippen LogP contribution >= 0.6 is 31.9 Å². The lowest BCUT2D eigenvalue weighted by Gasteiger charge is -2.07. The van der Waals surface area contributed by atoms with Crippen LogP contribution in [-0.2, 0) is 6.54 Å². The molecule has 0 unspecified atom stereocenters. The number of hydrogen-bond donors (Lipinski definition) is 1. The number of hydrogen-bond acceptors (Lipinski definition) is 1. The van der Waals surface area contributed by atoms with Gasteiger partial charge in [0.25, 0.3) is 0 Å². The van der Waals surface area contributed by atoms with Crippen molar-refractivity contribution >= 4 is 31.9 Å². The van der Waals surface area contributed by atoms with E-state index in [1.807, 2.05) is 0 Å². The Kier molecular flexibility index (Phi) is 6.46. The smallest absolute Gasteiger partial charge is 0.144 e. The third kappa shape index (κ3) is 4.11. The van der Waals surface area contributed by atoms with E-state index >= 15 is 0 Å². The fraction of sp³-hybridized carbons (Fsp3) is 0.455. The monoisotopic (exact) mass is 355 g/mol. The van der Waals surface area contributed by atoms with Gasteiger partial charge in [-0.15, -0.1) is 0 Å². The molecule has 0 bridgehead atoms. The van der Waals surface area contributed by atoms with Gasteiger partial charge in [0.15, 0.2) is 0 Å². The summed E-state index contributed by atoms with van der Waals surface area (Å²) in [5.74, 6) is -1.03. The van der Waals surface area contributed by atoms with E-state index in [1.165, 1.54) is 12.1 Å². The molecule has 1 aromatic carbocycles. The van der Waals surface area contributed by atoms with Crippen LogP contribution < -0.4 is 5.32 Å². The van der Waals surface area contributed by atoms with Crippen LogP contribution in [0, 0.1) is 11.6 Å². The Hall–Kier alpha value is -0.000000000000000111. The van der Waals surface area contributed by atoms with E-state index in [9.17, 15) is 8.78 Å². The van der Waals surface area contributed by atoms with Gasteiger partial charge >= 0.3 is 0 Å². The molecule has 0 aliphatic carbocycles. The van der Waals surface area contributed by atoms with Crippen molar-refractivity contribution in [2.24, 2.45) is 0 Å². The first-order valence-electron chi connectivity index (χ1n) is 5.06. The first-order chi connectivity index (χ1) is 7.66. The van der Waals surface area contributed by atoms with Crippen LogP contribution in [0.25, 0.3) is 0 Å². The van der Waals surface area contributed by atoms with Crippen molar-refractivity contribution in [3.8, 4) is 0 Å². The summed E-state index contributed by atoms with van der Waals surface area (Å²) in [6, 6.07) is 2.64. The van der Waals surface area contributed by atoms with E-state index in [4.69, 9.17) is 0 Å². The van der Waals surface area contributed by atoms with Gasteiger partial charge in [-0.2, -0.15) is 0 Å². The Morgan fingerprint density at radius 1 is 1.19 bits per heavy atom. The largest absolute Gasteiger partial charge is 0.312 e. The van der Waals surface area contributed by atoms with Crippen molar-refractivity contribution < 1.29 is 8.78 Å². The second-order valence-electron chi connectivity index (χ2n) is 3.39. The summed E-state index contributed by atoms with van der Waals surface area (Å²) in [6.07, 6.45) is 2.04. The summed E-state index contributed by atoms with van der Waals surface area (Å²) >= 11 is 6.36. The highest BCUT2D eigenvalue weighted by Gasteiger charge is 2.11. The number of rotatable bonds is 6. The Morgan fingerprint density at radius 3 is 2.62 bits per heavy atom. The highest BCUT2D eigenvalue weighted by molar-refractivity contribution is 9.10. The lowest BCUT2D eigenvalue weighted by molar-refractivity contribution is 0.528. The zero-order valence-corrected chi connectivity index (χ0v) is 11.9. The predicted octanol–water partition coefficient (Wildman–Crippen LogP) is 3.99. The van der Waals surface area contributed by atoms with E-state index in [0.29, 0.717) is 4.47 Å². The van der Waals surface area contributed by atoms with Crippen molar-refractivity contribution in [2.75, 3.05) is 11.9 Å². The van der Waals surface area contributed by atoms with Crippen molar-refractivity contribution in [2.45, 2.75) is 19.4 Å². The van der Waals surface area contributed by atoms with Crippen molar-refractivity contribution in [3.05, 3.63) is 33.8 Å². The zero-order chi connectivity index (χ0) is 12.0. The van der Waals surface area contributed by atoms with Crippen LogP contribution in [0.3, 0.4) is 0 Å². The minimum Gasteiger partial charge on any atom is -0.312 e. The quantitative estimate of drug-likeness (QED) is 0.461. The van der Waals surface area contributed by atoms with Gasteiger partial charge in [-0.05, 0) is 47.4 Å². The predicted molar refractivity (Wildman–Crippen MR) is 68.8 cm³/mol. The van der Waals surface area contributed by atoms with E-state index in [1.54, 1.807) is 0 Å². The molecular formula is C11H13Br2F2N. The lowest BCUT2D eigenvalue weighted by atomic mass is 10.2. The first-order valence-corrected chi connectivity index (χ1v) is 6.97. The molecule has 0 aliphatic rings. The van der Waals surface area contributed by atoms with Crippen LogP contribution in [0.15, 0.2) is 16.6 Å². The second kappa shape index (κ2) is 7.35. The van der Waals surface area contributed by atoms with Crippen LogP contribution in [0.2, 0.25) is 0 Å². The maximum Gasteiger partial charge on any atom is 0.144 e. The molecule has 0 amide bonds. The lowest BCUT2D eigenvalue weighted by Crippen LogP contribution is -2.17. The minimum atomic E-state index is -0.520. The molecule has 0 spiro atoms. The summed E-state index contributed by atoms with van der Waals surface area (Å²) in [6.45, 7) is 0.983. The molecule has 1 rings (SSSR count). The third-order valence-electron chi connectivity index (χ3n) is 2.18. The van der Waals surface area contributed by atoms with Gasteiger partial charge in [-0.25, -0.2) is 8.78 Å². The highest BCUT2D eigenvalue weighted by Crippen LogP contribution is 2.21. The molecule has 0 fully saturated rings. The molecule has 16 heavy (non-hydrogen) atoms. The van der Waals surface area contributed by atoms with Crippen LogP contribution in [0.5, 0.6) is 0 Å². The first kappa shape index (κ1) is 14.1. The third-order valence-corrected chi connectivity index (χ3v) is 3.35. The molecule has 0 radical (unpaired) electrons. The van der Waals surface area contributed by atoms with Gasteiger partial charge in [0.2, 0.25) is 0 Å². The Balaban J connectivity index is 2.50. The van der Waals surface area contributed by atoms with Gasteiger partial charge in [0, 0.05) is 17.4 Å². The molecular weight excluding hydrogens is 344 g/mol. The van der Waals surface area contributed by atoms with Crippen LogP contribution in [0.1, 0.15) is 18.4 Å². The Morgan fingerprint density at radius 2 is 1.94 bits per heavy atom. The molecule has 1 aromatic rings. The summed E-state index contributed by atoms with van der Waals surface area (Å²) in [7, 11) is 0. The maximum atomic E-state index is 13.5. The van der Waals surface area contributed by atoms with E-state index in [-0.39, 0.29) is 12.1 Å². The normalized spacial score (nSPS) is 10.8. The molecule has 0 aromatic heterocycles. The van der Waals surface area contributed by atoms with Crippen LogP contribution in [0.4, 0.5) is 8.78 Å². The fourth-order valence-corrected chi connectivity index (χ4v) is 2.06. The molecule has 0 heterocycles. The molecule has 0 atom stereocenters. The Labute approximate surface area is 111 Å². The summed E-state index contributed by atoms with van der Waals surface area (Å²) in [4.78, 5) is 0. The summed E-state index contributed by atoms with van der Waals surface area (Å²) in [5, 5.41) is 3.98. The number of halogens is 4. The number of nitrogens with one attached hydrogen (secondary N) is 1. The van der Waals surface area contributed by atoms with Gasteiger partial charge < -0.3 is 5.32 Å². The molecule has 0 aliphatic heterocycles. The second-order valence-corrected chi connectivity index (χ2v) is 5.04. The number of unbranched alkanes of at least 4 members (excludes halogenated alkanes) is 1. The standard InChI is InChI=1S/C11H13Br2F2N/c12-5-1-2-6-16-7-8-10(14)4-3-9(13)11(8)15/h3-4,16H,1-2,5-7H2. The minimum absolute atomic E-state index is 0.0909. The molecule has 0 saturated carbocycles. The van der Waals surface area contributed by atoms with Crippen molar-refractivity contribution in [1.29, 1.82) is 0 Å². The molecule has 5 heteroatoms. The topological polar surface area (TPSA) is 12.0 Å². The molecule has 90 valence electrons. The number of alkyl halides is 1. The molecule has 1 N–H and O–H groups in total. The van der Waals surface area contributed by atoms with Crippen molar-refractivity contribution in [3.63, 3.8) is 0 Å². The summed E-state index contributed by atoms with van der Waals surface area (Å²) in [5.41, 5.74) is 0.0909. The molecule has 1 nitrogen and oxygen atoms in total. The highest BCUT2D eigenvalue weighted by atomic mass is 79.9. The summed E-state index contributed by atoms with van der Waals surface area (Å²) < 4.78 is 27.1. The molecule has 0 saturated heterocycles. The average Bonchev–Trinajstić information content (AvgIpc) is 2.28. The fourth-order valence-electron chi connectivity index (χ4n) is 1.29. The van der Waals surface area contributed by atoms with Gasteiger partial charge in [-0.3, -0.25) is 0 Å². The maximum absolute atomic E-state index is 13.5. The number of benzene rings is 1.